The van der Waals surface area contributed by atoms with Gasteiger partial charge in [-0.05, 0) is 53.3 Å². The summed E-state index contributed by atoms with van der Waals surface area (Å²) in [5.41, 5.74) is 1.04. The molecule has 0 aliphatic carbocycles. The Morgan fingerprint density at radius 2 is 1.95 bits per heavy atom. The van der Waals surface area contributed by atoms with Crippen molar-refractivity contribution in [2.24, 2.45) is 0 Å². The fraction of sp³-hybridized carbons (Fsp3) is 0.200. The van der Waals surface area contributed by atoms with Gasteiger partial charge in [0, 0.05) is 17.1 Å². The number of halogens is 2. The summed E-state index contributed by atoms with van der Waals surface area (Å²) in [5, 5.41) is 3.75. The van der Waals surface area contributed by atoms with Crippen LogP contribution in [0.15, 0.2) is 40.9 Å². The van der Waals surface area contributed by atoms with Gasteiger partial charge in [-0.2, -0.15) is 0 Å². The largest absolute Gasteiger partial charge is 0.497 e. The molecule has 0 fully saturated rings. The normalized spacial score (nSPS) is 10.4. The third-order valence-electron chi connectivity index (χ3n) is 2.76. The van der Waals surface area contributed by atoms with Gasteiger partial charge < -0.3 is 14.8 Å². The molecule has 0 aromatic heterocycles. The number of hydrogen-bond donors (Lipinski definition) is 1. The molecule has 0 aliphatic heterocycles. The zero-order valence-corrected chi connectivity index (χ0v) is 13.6. The van der Waals surface area contributed by atoms with Crippen LogP contribution < -0.4 is 14.8 Å². The maximum atomic E-state index is 6.04. The van der Waals surface area contributed by atoms with Crippen LogP contribution in [0, 0.1) is 0 Å². The second-order valence-electron chi connectivity index (χ2n) is 4.18. The van der Waals surface area contributed by atoms with E-state index in [1.165, 1.54) is 0 Å². The van der Waals surface area contributed by atoms with E-state index >= 15 is 0 Å². The molecule has 0 spiro atoms. The van der Waals surface area contributed by atoms with E-state index in [1.807, 2.05) is 43.4 Å². The zero-order chi connectivity index (χ0) is 14.5. The van der Waals surface area contributed by atoms with Crippen molar-refractivity contribution in [1.29, 1.82) is 0 Å². The van der Waals surface area contributed by atoms with E-state index in [2.05, 4.69) is 21.2 Å². The average Bonchev–Trinajstić information content (AvgIpc) is 2.44. The first-order valence-corrected chi connectivity index (χ1v) is 7.25. The van der Waals surface area contributed by atoms with Crippen LogP contribution in [0.5, 0.6) is 17.2 Å². The molecule has 0 unspecified atom stereocenters. The summed E-state index contributed by atoms with van der Waals surface area (Å²) in [4.78, 5) is 0. The molecular formula is C15H15BrClNO2. The molecule has 0 heterocycles. The number of benzene rings is 2. The summed E-state index contributed by atoms with van der Waals surface area (Å²) in [6, 6.07) is 11.2. The van der Waals surface area contributed by atoms with Crippen LogP contribution in [0.1, 0.15) is 5.56 Å². The van der Waals surface area contributed by atoms with E-state index in [4.69, 9.17) is 21.1 Å². The van der Waals surface area contributed by atoms with Gasteiger partial charge in [-0.15, -0.1) is 0 Å². The van der Waals surface area contributed by atoms with Crippen molar-refractivity contribution in [1.82, 2.24) is 5.32 Å². The molecule has 1 N–H and O–H groups in total. The first-order valence-electron chi connectivity index (χ1n) is 6.08. The Morgan fingerprint density at radius 1 is 1.15 bits per heavy atom. The highest BCUT2D eigenvalue weighted by atomic mass is 79.9. The van der Waals surface area contributed by atoms with Crippen molar-refractivity contribution < 1.29 is 9.47 Å². The summed E-state index contributed by atoms with van der Waals surface area (Å²) in [6.07, 6.45) is 0. The molecule has 0 radical (unpaired) electrons. The summed E-state index contributed by atoms with van der Waals surface area (Å²) in [7, 11) is 3.52. The van der Waals surface area contributed by atoms with Gasteiger partial charge in [0.25, 0.3) is 0 Å². The second-order valence-corrected chi connectivity index (χ2v) is 5.47. The fourth-order valence-corrected chi connectivity index (χ4v) is 2.37. The van der Waals surface area contributed by atoms with E-state index in [9.17, 15) is 0 Å². The Morgan fingerprint density at radius 3 is 2.60 bits per heavy atom. The molecule has 2 aromatic rings. The monoisotopic (exact) mass is 355 g/mol. The molecule has 0 aliphatic rings. The molecule has 0 atom stereocenters. The van der Waals surface area contributed by atoms with Gasteiger partial charge in [0.05, 0.1) is 11.6 Å². The Hall–Kier alpha value is -1.23. The smallest absolute Gasteiger partial charge is 0.141 e. The van der Waals surface area contributed by atoms with Crippen LogP contribution in [0.2, 0.25) is 5.02 Å². The number of ether oxygens (including phenoxy) is 2. The van der Waals surface area contributed by atoms with E-state index in [0.717, 1.165) is 21.5 Å². The van der Waals surface area contributed by atoms with Gasteiger partial charge in [0.15, 0.2) is 0 Å². The van der Waals surface area contributed by atoms with Crippen molar-refractivity contribution in [2.45, 2.75) is 6.54 Å². The molecule has 0 amide bonds. The minimum absolute atomic E-state index is 0.643. The predicted molar refractivity (Wildman–Crippen MR) is 85.0 cm³/mol. The standard InChI is InChI=1S/C15H15BrClNO2/c1-18-9-10-3-4-11(17)7-15(10)20-14-6-5-12(19-2)8-13(14)16/h3-8,18H,9H2,1-2H3. The van der Waals surface area contributed by atoms with Gasteiger partial charge in [-0.1, -0.05) is 17.7 Å². The van der Waals surface area contributed by atoms with E-state index in [0.29, 0.717) is 17.3 Å². The molecule has 0 bridgehead atoms. The lowest BCUT2D eigenvalue weighted by Gasteiger charge is -2.13. The first-order chi connectivity index (χ1) is 9.63. The number of hydrogen-bond acceptors (Lipinski definition) is 3. The van der Waals surface area contributed by atoms with Crippen LogP contribution in [0.25, 0.3) is 0 Å². The SMILES string of the molecule is CNCc1ccc(Cl)cc1Oc1ccc(OC)cc1Br. The highest BCUT2D eigenvalue weighted by molar-refractivity contribution is 9.10. The maximum absolute atomic E-state index is 6.04. The van der Waals surface area contributed by atoms with E-state index in [1.54, 1.807) is 7.11 Å². The quantitative estimate of drug-likeness (QED) is 0.848. The average molecular weight is 357 g/mol. The zero-order valence-electron chi connectivity index (χ0n) is 11.2. The van der Waals surface area contributed by atoms with Crippen LogP contribution >= 0.6 is 27.5 Å². The third-order valence-corrected chi connectivity index (χ3v) is 3.61. The topological polar surface area (TPSA) is 30.5 Å². The van der Waals surface area contributed by atoms with Crippen molar-refractivity contribution in [3.63, 3.8) is 0 Å². The van der Waals surface area contributed by atoms with E-state index in [-0.39, 0.29) is 0 Å². The molecule has 2 rings (SSSR count). The lowest BCUT2D eigenvalue weighted by atomic mass is 10.2. The van der Waals surface area contributed by atoms with Crippen molar-refractivity contribution in [2.75, 3.05) is 14.2 Å². The van der Waals surface area contributed by atoms with Crippen molar-refractivity contribution in [3.05, 3.63) is 51.5 Å². The van der Waals surface area contributed by atoms with E-state index < -0.39 is 0 Å². The Labute approximate surface area is 132 Å². The predicted octanol–water partition coefficient (Wildman–Crippen LogP) is 4.62. The van der Waals surface area contributed by atoms with Gasteiger partial charge in [0.2, 0.25) is 0 Å². The minimum Gasteiger partial charge on any atom is -0.497 e. The maximum Gasteiger partial charge on any atom is 0.141 e. The molecule has 0 saturated heterocycles. The van der Waals surface area contributed by atoms with Gasteiger partial charge >= 0.3 is 0 Å². The molecule has 3 nitrogen and oxygen atoms in total. The molecule has 2 aromatic carbocycles. The van der Waals surface area contributed by atoms with Gasteiger partial charge in [-0.25, -0.2) is 0 Å². The Kier molecular flexibility index (Phi) is 5.29. The lowest BCUT2D eigenvalue weighted by molar-refractivity contribution is 0.412. The number of rotatable bonds is 5. The fourth-order valence-electron chi connectivity index (χ4n) is 1.77. The number of nitrogens with one attached hydrogen (secondary N) is 1. The van der Waals surface area contributed by atoms with Gasteiger partial charge in [-0.3, -0.25) is 0 Å². The molecule has 20 heavy (non-hydrogen) atoms. The highest BCUT2D eigenvalue weighted by Gasteiger charge is 2.09. The molecular weight excluding hydrogens is 342 g/mol. The lowest BCUT2D eigenvalue weighted by Crippen LogP contribution is -2.06. The van der Waals surface area contributed by atoms with Crippen LogP contribution in [-0.2, 0) is 6.54 Å². The van der Waals surface area contributed by atoms with Crippen LogP contribution in [-0.4, -0.2) is 14.2 Å². The summed E-state index contributed by atoms with van der Waals surface area (Å²) < 4.78 is 11.9. The van der Waals surface area contributed by atoms with Crippen molar-refractivity contribution >= 4 is 27.5 Å². The Bertz CT molecular complexity index is 604. The summed E-state index contributed by atoms with van der Waals surface area (Å²) >= 11 is 9.51. The summed E-state index contributed by atoms with van der Waals surface area (Å²) in [6.45, 7) is 0.709. The van der Waals surface area contributed by atoms with Crippen LogP contribution in [0.4, 0.5) is 0 Å². The third kappa shape index (κ3) is 3.66. The van der Waals surface area contributed by atoms with Crippen LogP contribution in [0.3, 0.4) is 0 Å². The second kappa shape index (κ2) is 6.97. The molecule has 0 saturated carbocycles. The molecule has 5 heteroatoms. The summed E-state index contributed by atoms with van der Waals surface area (Å²) in [5.74, 6) is 2.22. The Balaban J connectivity index is 2.31. The number of methoxy groups -OCH3 is 1. The first kappa shape index (κ1) is 15.2. The van der Waals surface area contributed by atoms with Gasteiger partial charge in [0.1, 0.15) is 17.2 Å². The van der Waals surface area contributed by atoms with Crippen molar-refractivity contribution in [3.8, 4) is 17.2 Å². The highest BCUT2D eigenvalue weighted by Crippen LogP contribution is 2.35. The molecule has 106 valence electrons. The minimum atomic E-state index is 0.643.